The molecule has 0 aliphatic carbocycles. The maximum atomic E-state index is 10.7. The van der Waals surface area contributed by atoms with Crippen molar-refractivity contribution in [2.24, 2.45) is 5.92 Å². The summed E-state index contributed by atoms with van der Waals surface area (Å²) >= 11 is 0. The molecule has 0 aromatic heterocycles. The van der Waals surface area contributed by atoms with E-state index >= 15 is 0 Å². The van der Waals surface area contributed by atoms with Crippen molar-refractivity contribution in [1.29, 1.82) is 0 Å². The Morgan fingerprint density at radius 3 is 2.36 bits per heavy atom. The van der Waals surface area contributed by atoms with E-state index < -0.39 is 0 Å². The van der Waals surface area contributed by atoms with Crippen molar-refractivity contribution in [3.8, 4) is 0 Å². The zero-order valence-electron chi connectivity index (χ0n) is 7.22. The number of carbonyl (C=O) groups is 2. The second kappa shape index (κ2) is 4.88. The van der Waals surface area contributed by atoms with Crippen LogP contribution in [0.15, 0.2) is 0 Å². The highest BCUT2D eigenvalue weighted by atomic mass is 16.5. The average molecular weight is 158 g/mol. The van der Waals surface area contributed by atoms with Gasteiger partial charge < -0.3 is 4.74 Å². The zero-order valence-corrected chi connectivity index (χ0v) is 7.22. The average Bonchev–Trinajstić information content (AvgIpc) is 1.99. The molecule has 0 aliphatic heterocycles. The molecule has 0 heterocycles. The van der Waals surface area contributed by atoms with Crippen LogP contribution in [0, 0.1) is 5.92 Å². The zero-order chi connectivity index (χ0) is 8.85. The molecule has 64 valence electrons. The van der Waals surface area contributed by atoms with Gasteiger partial charge in [0.05, 0.1) is 7.11 Å². The largest absolute Gasteiger partial charge is 0.469 e. The van der Waals surface area contributed by atoms with Crippen molar-refractivity contribution >= 4 is 11.8 Å². The van der Waals surface area contributed by atoms with E-state index in [1.165, 1.54) is 14.0 Å². The lowest BCUT2D eigenvalue weighted by Crippen LogP contribution is -2.09. The molecule has 0 saturated carbocycles. The van der Waals surface area contributed by atoms with Crippen molar-refractivity contribution in [1.82, 2.24) is 0 Å². The van der Waals surface area contributed by atoms with Crippen molar-refractivity contribution < 1.29 is 14.3 Å². The number of hydrogen-bond donors (Lipinski definition) is 0. The SMILES string of the molecule is COC(=O)CC[C@H](C)C(C)=O. The number of methoxy groups -OCH3 is 1. The number of carbonyl (C=O) groups excluding carboxylic acids is 2. The third-order valence-corrected chi connectivity index (χ3v) is 1.70. The Balaban J connectivity index is 3.54. The third kappa shape index (κ3) is 4.53. The van der Waals surface area contributed by atoms with Crippen LogP contribution in [0.4, 0.5) is 0 Å². The van der Waals surface area contributed by atoms with E-state index in [9.17, 15) is 9.59 Å². The van der Waals surface area contributed by atoms with Gasteiger partial charge in [0.1, 0.15) is 5.78 Å². The second-order valence-corrected chi connectivity index (χ2v) is 2.63. The Labute approximate surface area is 66.7 Å². The van der Waals surface area contributed by atoms with E-state index in [4.69, 9.17) is 0 Å². The standard InChI is InChI=1S/C8H14O3/c1-6(7(2)9)4-5-8(10)11-3/h6H,4-5H2,1-3H3/t6-/m0/s1. The molecular weight excluding hydrogens is 144 g/mol. The van der Waals surface area contributed by atoms with Crippen LogP contribution in [-0.4, -0.2) is 18.9 Å². The van der Waals surface area contributed by atoms with E-state index in [0.717, 1.165) is 0 Å². The minimum absolute atomic E-state index is 0.0332. The van der Waals surface area contributed by atoms with Crippen LogP contribution in [0.1, 0.15) is 26.7 Å². The number of hydrogen-bond acceptors (Lipinski definition) is 3. The van der Waals surface area contributed by atoms with Crippen LogP contribution in [0.3, 0.4) is 0 Å². The molecule has 0 spiro atoms. The summed E-state index contributed by atoms with van der Waals surface area (Å²) in [5, 5.41) is 0. The molecule has 0 saturated heterocycles. The molecule has 0 aliphatic rings. The first kappa shape index (κ1) is 10.1. The van der Waals surface area contributed by atoms with Crippen LogP contribution >= 0.6 is 0 Å². The summed E-state index contributed by atoms with van der Waals surface area (Å²) in [6.45, 7) is 3.34. The molecule has 0 fully saturated rings. The number of rotatable bonds is 4. The highest BCUT2D eigenvalue weighted by molar-refractivity contribution is 5.78. The predicted molar refractivity (Wildman–Crippen MR) is 41.1 cm³/mol. The number of esters is 1. The molecule has 11 heavy (non-hydrogen) atoms. The molecule has 1 atom stereocenters. The number of Topliss-reactive ketones (excluding diaryl/α,β-unsaturated/α-hetero) is 1. The van der Waals surface area contributed by atoms with Gasteiger partial charge in [0, 0.05) is 12.3 Å². The smallest absolute Gasteiger partial charge is 0.305 e. The monoisotopic (exact) mass is 158 g/mol. The van der Waals surface area contributed by atoms with Crippen molar-refractivity contribution in [3.05, 3.63) is 0 Å². The fraction of sp³-hybridized carbons (Fsp3) is 0.750. The van der Waals surface area contributed by atoms with Crippen molar-refractivity contribution in [3.63, 3.8) is 0 Å². The lowest BCUT2D eigenvalue weighted by Gasteiger charge is -2.04. The van der Waals surface area contributed by atoms with Crippen LogP contribution in [0.5, 0.6) is 0 Å². The predicted octanol–water partition coefficient (Wildman–Crippen LogP) is 1.16. The molecule has 0 aromatic rings. The summed E-state index contributed by atoms with van der Waals surface area (Å²) in [4.78, 5) is 21.3. The van der Waals surface area contributed by atoms with Crippen LogP contribution in [-0.2, 0) is 14.3 Å². The Hall–Kier alpha value is -0.860. The van der Waals surface area contributed by atoms with E-state index in [-0.39, 0.29) is 17.7 Å². The first-order valence-electron chi connectivity index (χ1n) is 3.65. The molecule has 0 bridgehead atoms. The van der Waals surface area contributed by atoms with E-state index in [1.54, 1.807) is 0 Å². The maximum absolute atomic E-state index is 10.7. The Morgan fingerprint density at radius 1 is 1.45 bits per heavy atom. The molecule has 0 rings (SSSR count). The quantitative estimate of drug-likeness (QED) is 0.577. The summed E-state index contributed by atoms with van der Waals surface area (Å²) < 4.78 is 4.43. The second-order valence-electron chi connectivity index (χ2n) is 2.63. The number of ketones is 1. The van der Waals surface area contributed by atoms with Gasteiger partial charge in [0.2, 0.25) is 0 Å². The van der Waals surface area contributed by atoms with Gasteiger partial charge in [-0.3, -0.25) is 9.59 Å². The maximum Gasteiger partial charge on any atom is 0.305 e. The van der Waals surface area contributed by atoms with Crippen LogP contribution < -0.4 is 0 Å². The number of ether oxygens (including phenoxy) is 1. The van der Waals surface area contributed by atoms with Crippen LogP contribution in [0.25, 0.3) is 0 Å². The molecule has 3 heteroatoms. The van der Waals surface area contributed by atoms with E-state index in [1.807, 2.05) is 6.92 Å². The highest BCUT2D eigenvalue weighted by Crippen LogP contribution is 2.06. The minimum Gasteiger partial charge on any atom is -0.469 e. The van der Waals surface area contributed by atoms with Gasteiger partial charge in [0.25, 0.3) is 0 Å². The molecule has 0 aromatic carbocycles. The van der Waals surface area contributed by atoms with Crippen molar-refractivity contribution in [2.75, 3.05) is 7.11 Å². The molecule has 0 N–H and O–H groups in total. The fourth-order valence-corrected chi connectivity index (χ4v) is 0.640. The van der Waals surface area contributed by atoms with Gasteiger partial charge >= 0.3 is 5.97 Å². The Bertz CT molecular complexity index is 151. The molecule has 0 amide bonds. The Kier molecular flexibility index (Phi) is 4.50. The molecular formula is C8H14O3. The van der Waals surface area contributed by atoms with Crippen LogP contribution in [0.2, 0.25) is 0 Å². The fourth-order valence-electron chi connectivity index (χ4n) is 0.640. The van der Waals surface area contributed by atoms with Crippen molar-refractivity contribution in [2.45, 2.75) is 26.7 Å². The minimum atomic E-state index is -0.252. The molecule has 3 nitrogen and oxygen atoms in total. The van der Waals surface area contributed by atoms with Gasteiger partial charge in [-0.15, -0.1) is 0 Å². The Morgan fingerprint density at radius 2 is 2.00 bits per heavy atom. The first-order valence-corrected chi connectivity index (χ1v) is 3.65. The summed E-state index contributed by atoms with van der Waals surface area (Å²) in [6, 6.07) is 0. The molecule has 0 unspecified atom stereocenters. The van der Waals surface area contributed by atoms with E-state index in [0.29, 0.717) is 12.8 Å². The lowest BCUT2D eigenvalue weighted by atomic mass is 10.0. The summed E-state index contributed by atoms with van der Waals surface area (Å²) in [5.74, 6) is -0.166. The van der Waals surface area contributed by atoms with E-state index in [2.05, 4.69) is 4.74 Å². The molecule has 0 radical (unpaired) electrons. The van der Waals surface area contributed by atoms with Gasteiger partial charge in [-0.2, -0.15) is 0 Å². The normalized spacial score (nSPS) is 12.3. The summed E-state index contributed by atoms with van der Waals surface area (Å²) in [7, 11) is 1.35. The van der Waals surface area contributed by atoms with Gasteiger partial charge in [-0.05, 0) is 13.3 Å². The lowest BCUT2D eigenvalue weighted by molar-refractivity contribution is -0.141. The summed E-state index contributed by atoms with van der Waals surface area (Å²) in [6.07, 6.45) is 0.916. The topological polar surface area (TPSA) is 43.4 Å². The summed E-state index contributed by atoms with van der Waals surface area (Å²) in [5.41, 5.74) is 0. The van der Waals surface area contributed by atoms with Gasteiger partial charge in [0.15, 0.2) is 0 Å². The van der Waals surface area contributed by atoms with Gasteiger partial charge in [-0.1, -0.05) is 6.92 Å². The highest BCUT2D eigenvalue weighted by Gasteiger charge is 2.09. The van der Waals surface area contributed by atoms with Gasteiger partial charge in [-0.25, -0.2) is 0 Å². The first-order chi connectivity index (χ1) is 5.07. The third-order valence-electron chi connectivity index (χ3n) is 1.70.